The van der Waals surface area contributed by atoms with E-state index in [4.69, 9.17) is 21.1 Å². The van der Waals surface area contributed by atoms with E-state index >= 15 is 0 Å². The largest absolute Gasteiger partial charge is 0.478 e. The van der Waals surface area contributed by atoms with Crippen LogP contribution in [0.1, 0.15) is 16.1 Å². The van der Waals surface area contributed by atoms with Gasteiger partial charge in [0, 0.05) is 17.8 Å². The SMILES string of the molecule is O=C(O)c1cc(-c2ccc(/C=N/Nc3ncccc3[N+](=O)[O-])o2)ccc1Cl. The third-order valence-corrected chi connectivity index (χ3v) is 3.78. The summed E-state index contributed by atoms with van der Waals surface area (Å²) in [5.74, 6) is -0.381. The van der Waals surface area contributed by atoms with E-state index < -0.39 is 10.9 Å². The van der Waals surface area contributed by atoms with Crippen molar-refractivity contribution in [1.82, 2.24) is 4.98 Å². The number of hydrazone groups is 1. The van der Waals surface area contributed by atoms with Crippen LogP contribution in [0.2, 0.25) is 5.02 Å². The zero-order valence-corrected chi connectivity index (χ0v) is 14.3. The van der Waals surface area contributed by atoms with Crippen LogP contribution in [-0.4, -0.2) is 27.2 Å². The van der Waals surface area contributed by atoms with Crippen molar-refractivity contribution in [3.8, 4) is 11.3 Å². The van der Waals surface area contributed by atoms with E-state index in [0.29, 0.717) is 17.1 Å². The van der Waals surface area contributed by atoms with Gasteiger partial charge in [-0.1, -0.05) is 11.6 Å². The highest BCUT2D eigenvalue weighted by Crippen LogP contribution is 2.27. The second-order valence-electron chi connectivity index (χ2n) is 5.20. The normalized spacial score (nSPS) is 10.9. The van der Waals surface area contributed by atoms with Crippen LogP contribution in [0.15, 0.2) is 58.2 Å². The molecule has 3 rings (SSSR count). The highest BCUT2D eigenvalue weighted by Gasteiger charge is 2.14. The molecule has 10 heteroatoms. The van der Waals surface area contributed by atoms with Crippen LogP contribution in [0.3, 0.4) is 0 Å². The minimum atomic E-state index is -1.14. The number of rotatable bonds is 6. The molecule has 0 aliphatic heterocycles. The fourth-order valence-electron chi connectivity index (χ4n) is 2.21. The first kappa shape index (κ1) is 18.1. The maximum atomic E-state index is 11.2. The van der Waals surface area contributed by atoms with E-state index in [1.54, 1.807) is 18.2 Å². The summed E-state index contributed by atoms with van der Waals surface area (Å²) in [6, 6.07) is 10.5. The Bertz CT molecular complexity index is 1050. The molecule has 2 aromatic heterocycles. The average Bonchev–Trinajstić information content (AvgIpc) is 3.11. The van der Waals surface area contributed by atoms with Gasteiger partial charge < -0.3 is 9.52 Å². The molecule has 2 N–H and O–H groups in total. The van der Waals surface area contributed by atoms with Crippen LogP contribution in [0.4, 0.5) is 11.5 Å². The molecule has 0 unspecified atom stereocenters. The Morgan fingerprint density at radius 3 is 2.89 bits per heavy atom. The van der Waals surface area contributed by atoms with Crippen LogP contribution in [-0.2, 0) is 0 Å². The molecule has 27 heavy (non-hydrogen) atoms. The maximum Gasteiger partial charge on any atom is 0.337 e. The zero-order chi connectivity index (χ0) is 19.4. The Morgan fingerprint density at radius 1 is 1.33 bits per heavy atom. The summed E-state index contributed by atoms with van der Waals surface area (Å²) in [6.07, 6.45) is 2.71. The van der Waals surface area contributed by atoms with E-state index in [1.807, 2.05) is 0 Å². The van der Waals surface area contributed by atoms with Gasteiger partial charge >= 0.3 is 11.7 Å². The van der Waals surface area contributed by atoms with Crippen molar-refractivity contribution < 1.29 is 19.2 Å². The van der Waals surface area contributed by atoms with Gasteiger partial charge in [-0.2, -0.15) is 5.10 Å². The van der Waals surface area contributed by atoms with Gasteiger partial charge in [0.15, 0.2) is 0 Å². The van der Waals surface area contributed by atoms with Crippen molar-refractivity contribution in [2.75, 3.05) is 5.43 Å². The summed E-state index contributed by atoms with van der Waals surface area (Å²) >= 11 is 5.85. The number of carboxylic acid groups (broad SMARTS) is 1. The molecule has 3 aromatic rings. The van der Waals surface area contributed by atoms with Crippen molar-refractivity contribution in [1.29, 1.82) is 0 Å². The Labute approximate surface area is 157 Å². The zero-order valence-electron chi connectivity index (χ0n) is 13.5. The minimum Gasteiger partial charge on any atom is -0.478 e. The lowest BCUT2D eigenvalue weighted by Crippen LogP contribution is -1.98. The summed E-state index contributed by atoms with van der Waals surface area (Å²) in [5, 5.41) is 24.0. The predicted octanol–water partition coefficient (Wildman–Crippen LogP) is 4.05. The van der Waals surface area contributed by atoms with Gasteiger partial charge in [0.1, 0.15) is 11.5 Å². The van der Waals surface area contributed by atoms with Gasteiger partial charge in [-0.25, -0.2) is 9.78 Å². The number of hydrogen-bond acceptors (Lipinski definition) is 7. The second kappa shape index (κ2) is 7.67. The number of nitrogens with zero attached hydrogens (tertiary/aromatic N) is 3. The lowest BCUT2D eigenvalue weighted by Gasteiger charge is -2.02. The molecule has 0 aliphatic carbocycles. The van der Waals surface area contributed by atoms with Gasteiger partial charge in [-0.3, -0.25) is 15.5 Å². The van der Waals surface area contributed by atoms with Gasteiger partial charge in [0.2, 0.25) is 5.82 Å². The molecule has 0 spiro atoms. The fourth-order valence-corrected chi connectivity index (χ4v) is 2.41. The highest BCUT2D eigenvalue weighted by atomic mass is 35.5. The summed E-state index contributed by atoms with van der Waals surface area (Å²) in [4.78, 5) is 25.4. The lowest BCUT2D eigenvalue weighted by molar-refractivity contribution is -0.384. The van der Waals surface area contributed by atoms with Crippen molar-refractivity contribution in [2.24, 2.45) is 5.10 Å². The standard InChI is InChI=1S/C17H11ClN4O5/c18-13-5-3-10(8-12(13)17(23)24)15-6-4-11(27-15)9-20-21-16-14(22(25)26)2-1-7-19-16/h1-9H,(H,19,21)(H,23,24)/b20-9+. The molecule has 0 aliphatic rings. The monoisotopic (exact) mass is 386 g/mol. The Kier molecular flexibility index (Phi) is 5.13. The van der Waals surface area contributed by atoms with Crippen molar-refractivity contribution >= 4 is 35.3 Å². The number of aromatic nitrogens is 1. The maximum absolute atomic E-state index is 11.2. The lowest BCUT2D eigenvalue weighted by atomic mass is 10.1. The van der Waals surface area contributed by atoms with E-state index in [-0.39, 0.29) is 22.1 Å². The molecule has 0 radical (unpaired) electrons. The first-order chi connectivity index (χ1) is 13.0. The molecular formula is C17H11ClN4O5. The molecule has 0 fully saturated rings. The number of furan rings is 1. The quantitative estimate of drug-likeness (QED) is 0.371. The van der Waals surface area contributed by atoms with Gasteiger partial charge in [0.05, 0.1) is 21.7 Å². The topological polar surface area (TPSA) is 131 Å². The van der Waals surface area contributed by atoms with Crippen molar-refractivity contribution in [3.05, 3.63) is 75.1 Å². The smallest absolute Gasteiger partial charge is 0.337 e. The Hall–Kier alpha value is -3.72. The molecule has 2 heterocycles. The number of aromatic carboxylic acids is 1. The third-order valence-electron chi connectivity index (χ3n) is 3.45. The molecule has 0 saturated heterocycles. The van der Waals surface area contributed by atoms with Gasteiger partial charge in [0.25, 0.3) is 0 Å². The first-order valence-electron chi connectivity index (χ1n) is 7.47. The minimum absolute atomic E-state index is 0.00525. The molecule has 0 amide bonds. The van der Waals surface area contributed by atoms with Gasteiger partial charge in [-0.05, 0) is 36.4 Å². The van der Waals surface area contributed by atoms with E-state index in [0.717, 1.165) is 0 Å². The molecule has 0 bridgehead atoms. The Morgan fingerprint density at radius 2 is 2.15 bits per heavy atom. The average molecular weight is 387 g/mol. The second-order valence-corrected chi connectivity index (χ2v) is 5.61. The molecular weight excluding hydrogens is 376 g/mol. The summed E-state index contributed by atoms with van der Waals surface area (Å²) < 4.78 is 5.58. The highest BCUT2D eigenvalue weighted by molar-refractivity contribution is 6.33. The van der Waals surface area contributed by atoms with Crippen LogP contribution >= 0.6 is 11.6 Å². The van der Waals surface area contributed by atoms with Crippen LogP contribution in [0, 0.1) is 10.1 Å². The number of nitro groups is 1. The number of carbonyl (C=O) groups is 1. The summed E-state index contributed by atoms with van der Waals surface area (Å²) in [6.45, 7) is 0. The van der Waals surface area contributed by atoms with Crippen LogP contribution in [0.25, 0.3) is 11.3 Å². The number of anilines is 1. The molecule has 9 nitrogen and oxygen atoms in total. The summed E-state index contributed by atoms with van der Waals surface area (Å²) in [7, 11) is 0. The molecule has 136 valence electrons. The first-order valence-corrected chi connectivity index (χ1v) is 7.85. The van der Waals surface area contributed by atoms with Gasteiger partial charge in [-0.15, -0.1) is 0 Å². The van der Waals surface area contributed by atoms with Crippen LogP contribution < -0.4 is 5.43 Å². The van der Waals surface area contributed by atoms with E-state index in [1.165, 1.54) is 36.7 Å². The number of pyridine rings is 1. The van der Waals surface area contributed by atoms with Crippen molar-refractivity contribution in [3.63, 3.8) is 0 Å². The number of nitrogens with one attached hydrogen (secondary N) is 1. The number of hydrogen-bond donors (Lipinski definition) is 2. The molecule has 1 aromatic carbocycles. The van der Waals surface area contributed by atoms with E-state index in [2.05, 4.69) is 15.5 Å². The summed E-state index contributed by atoms with van der Waals surface area (Å²) in [5.41, 5.74) is 2.77. The van der Waals surface area contributed by atoms with Crippen LogP contribution in [0.5, 0.6) is 0 Å². The fraction of sp³-hybridized carbons (Fsp3) is 0. The Balaban J connectivity index is 1.77. The number of halogens is 1. The van der Waals surface area contributed by atoms with E-state index in [9.17, 15) is 14.9 Å². The molecule has 0 atom stereocenters. The number of carboxylic acids is 1. The third kappa shape index (κ3) is 4.10. The predicted molar refractivity (Wildman–Crippen MR) is 98.2 cm³/mol. The molecule has 0 saturated carbocycles. The number of benzene rings is 1. The van der Waals surface area contributed by atoms with Crippen molar-refractivity contribution in [2.45, 2.75) is 0 Å².